The fourth-order valence-corrected chi connectivity index (χ4v) is 4.43. The summed E-state index contributed by atoms with van der Waals surface area (Å²) in [5, 5.41) is 0. The van der Waals surface area contributed by atoms with Crippen molar-refractivity contribution in [1.82, 2.24) is 4.31 Å². The number of nitrogens with zero attached hydrogens (tertiary/aromatic N) is 1. The SMILES string of the molecule is COCCN(C(C)C)S(=O)(=O)c1c(C)cc(NN)cc1C. The minimum absolute atomic E-state index is 0.142. The summed E-state index contributed by atoms with van der Waals surface area (Å²) in [5.74, 6) is 5.39. The van der Waals surface area contributed by atoms with E-state index in [0.29, 0.717) is 34.9 Å². The maximum atomic E-state index is 12.9. The van der Waals surface area contributed by atoms with Crippen LogP contribution in [0.5, 0.6) is 0 Å². The van der Waals surface area contributed by atoms with Crippen LogP contribution in [0.15, 0.2) is 17.0 Å². The summed E-state index contributed by atoms with van der Waals surface area (Å²) in [6.45, 7) is 7.94. The van der Waals surface area contributed by atoms with Crippen LogP contribution < -0.4 is 11.3 Å². The normalized spacial score (nSPS) is 12.2. The van der Waals surface area contributed by atoms with Crippen molar-refractivity contribution >= 4 is 15.7 Å². The van der Waals surface area contributed by atoms with Crippen molar-refractivity contribution in [1.29, 1.82) is 0 Å². The van der Waals surface area contributed by atoms with Crippen molar-refractivity contribution in [2.24, 2.45) is 5.84 Å². The number of nitrogens with one attached hydrogen (secondary N) is 1. The zero-order valence-corrected chi connectivity index (χ0v) is 14.1. The van der Waals surface area contributed by atoms with Crippen molar-refractivity contribution in [2.45, 2.75) is 38.6 Å². The molecule has 0 amide bonds. The highest BCUT2D eigenvalue weighted by molar-refractivity contribution is 7.89. The van der Waals surface area contributed by atoms with Crippen LogP contribution in [0.3, 0.4) is 0 Å². The molecular formula is C14H25N3O3S. The van der Waals surface area contributed by atoms with E-state index in [1.807, 2.05) is 13.8 Å². The Kier molecular flexibility index (Phi) is 6.15. The molecule has 7 heteroatoms. The second-order valence-electron chi connectivity index (χ2n) is 5.29. The highest BCUT2D eigenvalue weighted by atomic mass is 32.2. The van der Waals surface area contributed by atoms with Crippen molar-refractivity contribution < 1.29 is 13.2 Å². The summed E-state index contributed by atoms with van der Waals surface area (Å²) in [5.41, 5.74) is 4.58. The lowest BCUT2D eigenvalue weighted by Crippen LogP contribution is -2.39. The molecule has 0 saturated heterocycles. The van der Waals surface area contributed by atoms with E-state index in [1.54, 1.807) is 33.1 Å². The number of nitrogen functional groups attached to an aromatic ring is 1. The number of sulfonamides is 1. The molecule has 1 aromatic carbocycles. The van der Waals surface area contributed by atoms with Crippen LogP contribution in [0.1, 0.15) is 25.0 Å². The molecular weight excluding hydrogens is 290 g/mol. The Balaban J connectivity index is 3.34. The van der Waals surface area contributed by atoms with E-state index in [2.05, 4.69) is 5.43 Å². The summed E-state index contributed by atoms with van der Waals surface area (Å²) in [4.78, 5) is 0.339. The van der Waals surface area contributed by atoms with E-state index in [9.17, 15) is 8.42 Å². The predicted octanol–water partition coefficient (Wildman–Crippen LogP) is 1.63. The highest BCUT2D eigenvalue weighted by Crippen LogP contribution is 2.27. The molecule has 0 spiro atoms. The molecule has 0 aliphatic heterocycles. The molecule has 21 heavy (non-hydrogen) atoms. The van der Waals surface area contributed by atoms with Crippen LogP contribution in [0.25, 0.3) is 0 Å². The number of methoxy groups -OCH3 is 1. The van der Waals surface area contributed by atoms with Crippen molar-refractivity contribution in [2.75, 3.05) is 25.7 Å². The molecule has 0 fully saturated rings. The monoisotopic (exact) mass is 315 g/mol. The minimum Gasteiger partial charge on any atom is -0.383 e. The summed E-state index contributed by atoms with van der Waals surface area (Å²) in [6.07, 6.45) is 0. The molecule has 0 radical (unpaired) electrons. The Morgan fingerprint density at radius 1 is 1.29 bits per heavy atom. The van der Waals surface area contributed by atoms with Crippen molar-refractivity contribution in [3.63, 3.8) is 0 Å². The first-order chi connectivity index (χ1) is 9.75. The fraction of sp³-hybridized carbons (Fsp3) is 0.571. The maximum absolute atomic E-state index is 12.9. The van der Waals surface area contributed by atoms with E-state index in [0.717, 1.165) is 0 Å². The third-order valence-electron chi connectivity index (χ3n) is 3.29. The number of anilines is 1. The van der Waals surface area contributed by atoms with Gasteiger partial charge in [-0.05, 0) is 51.0 Å². The third kappa shape index (κ3) is 3.94. The van der Waals surface area contributed by atoms with Gasteiger partial charge in [0.15, 0.2) is 0 Å². The van der Waals surface area contributed by atoms with Gasteiger partial charge >= 0.3 is 0 Å². The minimum atomic E-state index is -3.57. The zero-order chi connectivity index (χ0) is 16.2. The molecule has 6 nitrogen and oxygen atoms in total. The first kappa shape index (κ1) is 17.9. The lowest BCUT2D eigenvalue weighted by molar-refractivity contribution is 0.171. The van der Waals surface area contributed by atoms with Gasteiger partial charge in [-0.25, -0.2) is 8.42 Å². The second-order valence-corrected chi connectivity index (χ2v) is 7.11. The van der Waals surface area contributed by atoms with Gasteiger partial charge < -0.3 is 10.2 Å². The van der Waals surface area contributed by atoms with Gasteiger partial charge in [0.2, 0.25) is 10.0 Å². The lowest BCUT2D eigenvalue weighted by Gasteiger charge is -2.27. The molecule has 0 heterocycles. The zero-order valence-electron chi connectivity index (χ0n) is 13.3. The molecule has 1 aromatic rings. The van der Waals surface area contributed by atoms with Gasteiger partial charge in [-0.3, -0.25) is 5.84 Å². The maximum Gasteiger partial charge on any atom is 0.243 e. The molecule has 0 bridgehead atoms. The molecule has 1 rings (SSSR count). The molecule has 120 valence electrons. The summed E-state index contributed by atoms with van der Waals surface area (Å²) >= 11 is 0. The van der Waals surface area contributed by atoms with Crippen molar-refractivity contribution in [3.05, 3.63) is 23.3 Å². The predicted molar refractivity (Wildman–Crippen MR) is 84.6 cm³/mol. The number of nitrogens with two attached hydrogens (primary N) is 1. The second kappa shape index (κ2) is 7.22. The molecule has 0 atom stereocenters. The average Bonchev–Trinajstić information content (AvgIpc) is 2.37. The molecule has 0 aromatic heterocycles. The smallest absolute Gasteiger partial charge is 0.243 e. The number of hydrogen-bond acceptors (Lipinski definition) is 5. The fourth-order valence-electron chi connectivity index (χ4n) is 2.39. The lowest BCUT2D eigenvalue weighted by atomic mass is 10.1. The highest BCUT2D eigenvalue weighted by Gasteiger charge is 2.29. The van der Waals surface area contributed by atoms with Crippen LogP contribution in [0, 0.1) is 13.8 Å². The van der Waals surface area contributed by atoms with E-state index in [-0.39, 0.29) is 6.04 Å². The van der Waals surface area contributed by atoms with E-state index in [4.69, 9.17) is 10.6 Å². The van der Waals surface area contributed by atoms with Crippen molar-refractivity contribution in [3.8, 4) is 0 Å². The number of benzene rings is 1. The van der Waals surface area contributed by atoms with Gasteiger partial charge in [0.25, 0.3) is 0 Å². The third-order valence-corrected chi connectivity index (χ3v) is 5.67. The first-order valence-corrected chi connectivity index (χ1v) is 8.28. The Labute approximate surface area is 127 Å². The van der Waals surface area contributed by atoms with Crippen LogP contribution in [0.4, 0.5) is 5.69 Å². The average molecular weight is 315 g/mol. The largest absolute Gasteiger partial charge is 0.383 e. The standard InChI is InChI=1S/C14H25N3O3S/c1-10(2)17(6-7-20-5)21(18,19)14-11(3)8-13(16-15)9-12(14)4/h8-10,16H,6-7,15H2,1-5H3. The number of ether oxygens (including phenoxy) is 1. The quantitative estimate of drug-likeness (QED) is 0.590. The Bertz CT molecular complexity index is 562. The van der Waals surface area contributed by atoms with E-state index in [1.165, 1.54) is 4.31 Å². The molecule has 0 unspecified atom stereocenters. The number of hydrazine groups is 1. The molecule has 3 N–H and O–H groups in total. The van der Waals surface area contributed by atoms with Crippen LogP contribution >= 0.6 is 0 Å². The summed E-state index contributed by atoms with van der Waals surface area (Å²) in [6, 6.07) is 3.32. The number of aryl methyl sites for hydroxylation is 2. The summed E-state index contributed by atoms with van der Waals surface area (Å²) in [7, 11) is -2.02. The number of hydrogen-bond donors (Lipinski definition) is 2. The van der Waals surface area contributed by atoms with Gasteiger partial charge in [-0.2, -0.15) is 4.31 Å². The Morgan fingerprint density at radius 3 is 2.19 bits per heavy atom. The van der Waals surface area contributed by atoms with Gasteiger partial charge in [0.1, 0.15) is 0 Å². The van der Waals surface area contributed by atoms with E-state index < -0.39 is 10.0 Å². The van der Waals surface area contributed by atoms with Gasteiger partial charge in [-0.15, -0.1) is 0 Å². The molecule has 0 aliphatic carbocycles. The van der Waals surface area contributed by atoms with E-state index >= 15 is 0 Å². The summed E-state index contributed by atoms with van der Waals surface area (Å²) < 4.78 is 32.4. The van der Waals surface area contributed by atoms with Crippen LogP contribution in [-0.4, -0.2) is 39.0 Å². The number of rotatable bonds is 7. The first-order valence-electron chi connectivity index (χ1n) is 6.84. The topological polar surface area (TPSA) is 84.7 Å². The molecule has 0 saturated carbocycles. The molecule has 0 aliphatic rings. The van der Waals surface area contributed by atoms with Crippen LogP contribution in [0.2, 0.25) is 0 Å². The van der Waals surface area contributed by atoms with Crippen LogP contribution in [-0.2, 0) is 14.8 Å². The van der Waals surface area contributed by atoms with Gasteiger partial charge in [0, 0.05) is 25.4 Å². The van der Waals surface area contributed by atoms with Gasteiger partial charge in [-0.1, -0.05) is 0 Å². The van der Waals surface area contributed by atoms with Gasteiger partial charge in [0.05, 0.1) is 11.5 Å². The Morgan fingerprint density at radius 2 is 1.81 bits per heavy atom. The Hall–Kier alpha value is -1.15.